The molecule has 94 valence electrons. The number of aliphatic hydroxyl groups excluding tert-OH is 1. The Bertz CT molecular complexity index is 434. The lowest BCUT2D eigenvalue weighted by atomic mass is 10.2. The molecule has 17 heavy (non-hydrogen) atoms. The van der Waals surface area contributed by atoms with Crippen LogP contribution in [0.2, 0.25) is 0 Å². The number of rotatable bonds is 6. The van der Waals surface area contributed by atoms with E-state index in [-0.39, 0.29) is 6.10 Å². The molecule has 0 aromatic carbocycles. The number of imidazole rings is 1. The van der Waals surface area contributed by atoms with E-state index in [9.17, 15) is 5.11 Å². The smallest absolute Gasteiger partial charge is 0.193 e. The molecule has 5 heteroatoms. The summed E-state index contributed by atoms with van der Waals surface area (Å²) in [5.74, 6) is 0.611. The topological polar surface area (TPSA) is 49.6 Å². The lowest BCUT2D eigenvalue weighted by molar-refractivity contribution is 0.169. The van der Waals surface area contributed by atoms with Gasteiger partial charge in [0.2, 0.25) is 0 Å². The van der Waals surface area contributed by atoms with E-state index in [0.717, 1.165) is 17.2 Å². The number of hydrogen-bond donors (Lipinski definition) is 2. The summed E-state index contributed by atoms with van der Waals surface area (Å²) in [4.78, 5) is 5.44. The Hall–Kier alpha value is -0.910. The Morgan fingerprint density at radius 1 is 1.47 bits per heavy atom. The number of nitrogens with zero attached hydrogens (tertiary/aromatic N) is 2. The molecule has 2 aromatic heterocycles. The maximum absolute atomic E-state index is 9.87. The number of hydrogen-bond acceptors (Lipinski definition) is 4. The zero-order chi connectivity index (χ0) is 12.3. The molecule has 0 spiro atoms. The van der Waals surface area contributed by atoms with Crippen LogP contribution in [-0.2, 0) is 6.42 Å². The molecule has 0 saturated heterocycles. The Labute approximate surface area is 105 Å². The molecular formula is C12H19N3OS. The minimum atomic E-state index is -0.363. The van der Waals surface area contributed by atoms with Gasteiger partial charge in [-0.05, 0) is 12.5 Å². The zero-order valence-electron chi connectivity index (χ0n) is 10.3. The van der Waals surface area contributed by atoms with Gasteiger partial charge < -0.3 is 10.4 Å². The molecule has 0 aliphatic rings. The third kappa shape index (κ3) is 3.52. The van der Waals surface area contributed by atoms with E-state index >= 15 is 0 Å². The molecule has 2 rings (SSSR count). The first-order valence-corrected chi connectivity index (χ1v) is 6.83. The van der Waals surface area contributed by atoms with Crippen molar-refractivity contribution in [2.24, 2.45) is 5.92 Å². The summed E-state index contributed by atoms with van der Waals surface area (Å²) >= 11 is 1.61. The number of thiazole rings is 1. The van der Waals surface area contributed by atoms with Crippen LogP contribution in [0.3, 0.4) is 0 Å². The first-order chi connectivity index (χ1) is 8.15. The van der Waals surface area contributed by atoms with Crippen molar-refractivity contribution >= 4 is 16.3 Å². The average Bonchev–Trinajstić information content (AvgIpc) is 2.76. The number of fused-ring (bicyclic) bond motifs is 1. The molecule has 0 radical (unpaired) electrons. The fourth-order valence-electron chi connectivity index (χ4n) is 1.73. The molecule has 0 bridgehead atoms. The lowest BCUT2D eigenvalue weighted by Crippen LogP contribution is -2.30. The third-order valence-electron chi connectivity index (χ3n) is 2.52. The molecule has 2 heterocycles. The molecule has 0 aliphatic heterocycles. The summed E-state index contributed by atoms with van der Waals surface area (Å²) in [5.41, 5.74) is 0.954. The summed E-state index contributed by atoms with van der Waals surface area (Å²) in [7, 11) is 0. The maximum atomic E-state index is 9.87. The van der Waals surface area contributed by atoms with Gasteiger partial charge in [-0.3, -0.25) is 4.40 Å². The Morgan fingerprint density at radius 2 is 2.29 bits per heavy atom. The second-order valence-corrected chi connectivity index (χ2v) is 5.61. The first kappa shape index (κ1) is 12.5. The van der Waals surface area contributed by atoms with E-state index < -0.39 is 0 Å². The van der Waals surface area contributed by atoms with Gasteiger partial charge in [-0.2, -0.15) is 0 Å². The van der Waals surface area contributed by atoms with Gasteiger partial charge in [0.15, 0.2) is 4.96 Å². The first-order valence-electron chi connectivity index (χ1n) is 5.95. The molecule has 2 aromatic rings. The Morgan fingerprint density at radius 3 is 3.00 bits per heavy atom. The largest absolute Gasteiger partial charge is 0.391 e. The standard InChI is InChI=1S/C12H19N3OS/c1-9(2)6-13-7-11(16)5-10-8-15-3-4-17-12(15)14-10/h3-4,8-9,11,13,16H,5-7H2,1-2H3. The van der Waals surface area contributed by atoms with Gasteiger partial charge in [-0.15, -0.1) is 11.3 Å². The van der Waals surface area contributed by atoms with E-state index in [1.165, 1.54) is 0 Å². The van der Waals surface area contributed by atoms with Crippen LogP contribution in [0.25, 0.3) is 4.96 Å². The molecule has 0 aliphatic carbocycles. The van der Waals surface area contributed by atoms with E-state index in [2.05, 4.69) is 24.1 Å². The Balaban J connectivity index is 1.82. The highest BCUT2D eigenvalue weighted by Crippen LogP contribution is 2.12. The average molecular weight is 253 g/mol. The van der Waals surface area contributed by atoms with E-state index in [0.29, 0.717) is 18.9 Å². The highest BCUT2D eigenvalue weighted by atomic mass is 32.1. The lowest BCUT2D eigenvalue weighted by Gasteiger charge is -2.11. The summed E-state index contributed by atoms with van der Waals surface area (Å²) in [6.45, 7) is 5.88. The van der Waals surface area contributed by atoms with Crippen molar-refractivity contribution in [2.75, 3.05) is 13.1 Å². The number of aliphatic hydroxyl groups is 1. The van der Waals surface area contributed by atoms with Crippen LogP contribution in [0.4, 0.5) is 0 Å². The quantitative estimate of drug-likeness (QED) is 0.821. The van der Waals surface area contributed by atoms with Gasteiger partial charge >= 0.3 is 0 Å². The van der Waals surface area contributed by atoms with Gasteiger partial charge in [0.1, 0.15) is 0 Å². The van der Waals surface area contributed by atoms with E-state index in [1.807, 2.05) is 22.2 Å². The van der Waals surface area contributed by atoms with Crippen molar-refractivity contribution in [1.29, 1.82) is 0 Å². The SMILES string of the molecule is CC(C)CNCC(O)Cc1cn2ccsc2n1. The molecular weight excluding hydrogens is 234 g/mol. The Kier molecular flexibility index (Phi) is 4.15. The van der Waals surface area contributed by atoms with Crippen LogP contribution in [0.5, 0.6) is 0 Å². The van der Waals surface area contributed by atoms with Crippen LogP contribution in [0.1, 0.15) is 19.5 Å². The predicted molar refractivity (Wildman–Crippen MR) is 70.5 cm³/mol. The summed E-state index contributed by atoms with van der Waals surface area (Å²) < 4.78 is 1.99. The minimum Gasteiger partial charge on any atom is -0.391 e. The minimum absolute atomic E-state index is 0.363. The van der Waals surface area contributed by atoms with Gasteiger partial charge in [0.05, 0.1) is 11.8 Å². The van der Waals surface area contributed by atoms with E-state index in [1.54, 1.807) is 11.3 Å². The van der Waals surface area contributed by atoms with Gasteiger partial charge in [-0.25, -0.2) is 4.98 Å². The van der Waals surface area contributed by atoms with Gasteiger partial charge in [0.25, 0.3) is 0 Å². The second-order valence-electron chi connectivity index (χ2n) is 4.74. The van der Waals surface area contributed by atoms with Crippen LogP contribution in [0.15, 0.2) is 17.8 Å². The molecule has 0 amide bonds. The van der Waals surface area contributed by atoms with Crippen molar-refractivity contribution in [3.8, 4) is 0 Å². The summed E-state index contributed by atoms with van der Waals surface area (Å²) in [5, 5.41) is 15.1. The van der Waals surface area contributed by atoms with Gasteiger partial charge in [0, 0.05) is 30.7 Å². The van der Waals surface area contributed by atoms with E-state index in [4.69, 9.17) is 0 Å². The van der Waals surface area contributed by atoms with Crippen molar-refractivity contribution in [1.82, 2.24) is 14.7 Å². The monoisotopic (exact) mass is 253 g/mol. The maximum Gasteiger partial charge on any atom is 0.193 e. The second kappa shape index (κ2) is 5.62. The van der Waals surface area contributed by atoms with Crippen LogP contribution >= 0.6 is 11.3 Å². The normalized spacial score (nSPS) is 13.6. The van der Waals surface area contributed by atoms with Crippen LogP contribution < -0.4 is 5.32 Å². The van der Waals surface area contributed by atoms with Gasteiger partial charge in [-0.1, -0.05) is 13.8 Å². The molecule has 2 N–H and O–H groups in total. The van der Waals surface area contributed by atoms with Crippen LogP contribution in [-0.4, -0.2) is 33.7 Å². The fraction of sp³-hybridized carbons (Fsp3) is 0.583. The highest BCUT2D eigenvalue weighted by molar-refractivity contribution is 7.15. The van der Waals surface area contributed by atoms with Crippen LogP contribution in [0, 0.1) is 5.92 Å². The fourth-order valence-corrected chi connectivity index (χ4v) is 2.45. The number of aromatic nitrogens is 2. The molecule has 1 atom stereocenters. The number of nitrogens with one attached hydrogen (secondary N) is 1. The third-order valence-corrected chi connectivity index (χ3v) is 3.29. The predicted octanol–water partition coefficient (Wildman–Crippen LogP) is 1.54. The van der Waals surface area contributed by atoms with Crippen molar-refractivity contribution in [3.63, 3.8) is 0 Å². The summed E-state index contributed by atoms with van der Waals surface area (Å²) in [6.07, 6.45) is 4.22. The molecule has 0 fully saturated rings. The van der Waals surface area contributed by atoms with Crippen molar-refractivity contribution in [2.45, 2.75) is 26.4 Å². The molecule has 0 saturated carbocycles. The zero-order valence-corrected chi connectivity index (χ0v) is 11.1. The molecule has 1 unspecified atom stereocenters. The highest BCUT2D eigenvalue weighted by Gasteiger charge is 2.09. The molecule has 4 nitrogen and oxygen atoms in total. The van der Waals surface area contributed by atoms with Crippen molar-refractivity contribution in [3.05, 3.63) is 23.5 Å². The summed E-state index contributed by atoms with van der Waals surface area (Å²) in [6, 6.07) is 0. The van der Waals surface area contributed by atoms with Crippen molar-refractivity contribution < 1.29 is 5.11 Å².